The molecular formula is C20H36O3. The van der Waals surface area contributed by atoms with Crippen LogP contribution in [0.15, 0.2) is 0 Å². The summed E-state index contributed by atoms with van der Waals surface area (Å²) >= 11 is 0. The Morgan fingerprint density at radius 2 is 0.826 bits per heavy atom. The number of aliphatic hydroxyl groups excluding tert-OH is 3. The quantitative estimate of drug-likeness (QED) is 0.698. The Bertz CT molecular complexity index is 353. The SMILES string of the molecule is [2H]OC1CCC(C(C)(C2CCC(O[2H])CC2)C2CCC(O[2H])CC2)CC1. The third-order valence-corrected chi connectivity index (χ3v) is 7.66. The molecule has 3 fully saturated rings. The number of hydrogen-bond acceptors (Lipinski definition) is 3. The lowest BCUT2D eigenvalue weighted by molar-refractivity contribution is -0.0673. The molecule has 0 aromatic heterocycles. The van der Waals surface area contributed by atoms with Gasteiger partial charge in [0.1, 0.15) is 0 Å². The first-order valence-electron chi connectivity index (χ1n) is 11.2. The van der Waals surface area contributed by atoms with Crippen LogP contribution in [0, 0.1) is 23.2 Å². The maximum Gasteiger partial charge on any atom is 0.210 e. The molecule has 3 heteroatoms. The Morgan fingerprint density at radius 3 is 1.04 bits per heavy atom. The zero-order valence-corrected chi connectivity index (χ0v) is 14.7. The molecular weight excluding hydrogens is 288 g/mol. The fraction of sp³-hybridized carbons (Fsp3) is 1.00. The summed E-state index contributed by atoms with van der Waals surface area (Å²) in [5.41, 5.74) is 0.312. The first-order valence-corrected chi connectivity index (χ1v) is 9.97. The van der Waals surface area contributed by atoms with Gasteiger partial charge in [-0.25, -0.2) is 0 Å². The first kappa shape index (κ1) is 14.1. The lowest BCUT2D eigenvalue weighted by atomic mass is 9.52. The van der Waals surface area contributed by atoms with Crippen LogP contribution < -0.4 is 0 Å². The van der Waals surface area contributed by atoms with Crippen LogP contribution >= 0.6 is 0 Å². The van der Waals surface area contributed by atoms with Gasteiger partial charge in [-0.1, -0.05) is 6.92 Å². The van der Waals surface area contributed by atoms with Crippen LogP contribution in [0.25, 0.3) is 0 Å². The lowest BCUT2D eigenvalue weighted by Crippen LogP contribution is -2.47. The molecule has 0 unspecified atom stereocenters. The van der Waals surface area contributed by atoms with E-state index < -0.39 is 0 Å². The molecule has 0 aliphatic heterocycles. The summed E-state index contributed by atoms with van der Waals surface area (Å²) in [6.07, 6.45) is 13.5. The Balaban J connectivity index is 1.73. The largest absolute Gasteiger partial charge is 0.393 e. The number of hydrogen-bond donors (Lipinski definition) is 3. The number of rotatable bonds is 6. The van der Waals surface area contributed by atoms with E-state index in [0.717, 1.165) is 38.5 Å². The molecule has 3 N–H and O–H groups in total. The minimum Gasteiger partial charge on any atom is -0.393 e. The standard InChI is InChI=1S/C20H36O3/c1-20(14-2-8-17(21)9-3-14,15-4-10-18(22)11-5-15)16-6-12-19(23)13-7-16/h14-19,21-23H,2-13H2,1H3/i21D,22D,23D. The van der Waals surface area contributed by atoms with Crippen LogP contribution in [0.4, 0.5) is 0 Å². The van der Waals surface area contributed by atoms with E-state index in [0.29, 0.717) is 23.2 Å². The van der Waals surface area contributed by atoms with Crippen molar-refractivity contribution >= 4 is 0 Å². The molecule has 3 nitrogen and oxygen atoms in total. The smallest absolute Gasteiger partial charge is 0.210 e. The van der Waals surface area contributed by atoms with Crippen molar-refractivity contribution in [2.24, 2.45) is 23.2 Å². The summed E-state index contributed by atoms with van der Waals surface area (Å²) in [5, 5.41) is 14.6. The highest BCUT2D eigenvalue weighted by Crippen LogP contribution is 2.56. The molecule has 134 valence electrons. The zero-order chi connectivity index (χ0) is 18.6. The van der Waals surface area contributed by atoms with E-state index >= 15 is 0 Å². The van der Waals surface area contributed by atoms with Gasteiger partial charge < -0.3 is 15.3 Å². The van der Waals surface area contributed by atoms with Gasteiger partial charge in [0.25, 0.3) is 0 Å². The molecule has 0 spiro atoms. The van der Waals surface area contributed by atoms with Gasteiger partial charge in [-0.3, -0.25) is 0 Å². The van der Waals surface area contributed by atoms with Gasteiger partial charge in [-0.2, -0.15) is 0 Å². The van der Waals surface area contributed by atoms with Crippen molar-refractivity contribution in [1.82, 2.24) is 0 Å². The Labute approximate surface area is 146 Å². The molecule has 3 aliphatic rings. The van der Waals surface area contributed by atoms with Crippen molar-refractivity contribution in [2.45, 2.75) is 102 Å². The van der Waals surface area contributed by atoms with E-state index in [-0.39, 0.29) is 18.3 Å². The highest BCUT2D eigenvalue weighted by atomic mass is 16.3. The summed E-state index contributed by atoms with van der Waals surface area (Å²) in [5.74, 6) is 2.10. The molecule has 0 atom stereocenters. The van der Waals surface area contributed by atoms with Gasteiger partial charge in [0.05, 0.1) is 18.3 Å². The van der Waals surface area contributed by atoms with Crippen LogP contribution in [0.1, 0.15) is 84.0 Å². The van der Waals surface area contributed by atoms with Crippen molar-refractivity contribution in [3.63, 3.8) is 0 Å². The summed E-state index contributed by atoms with van der Waals surface area (Å²) < 4.78 is 21.7. The summed E-state index contributed by atoms with van der Waals surface area (Å²) in [6.45, 7) is 2.54. The van der Waals surface area contributed by atoms with Crippen molar-refractivity contribution in [2.75, 3.05) is 0 Å². The van der Waals surface area contributed by atoms with Gasteiger partial charge in [0.15, 0.2) is 0 Å². The molecule has 3 aliphatic carbocycles. The van der Waals surface area contributed by atoms with Crippen LogP contribution in [0.5, 0.6) is 0 Å². The van der Waals surface area contributed by atoms with Crippen LogP contribution in [0.2, 0.25) is 0 Å². The van der Waals surface area contributed by atoms with E-state index in [1.165, 1.54) is 38.5 Å². The molecule has 0 heterocycles. The second kappa shape index (κ2) is 7.41. The average Bonchev–Trinajstić information content (AvgIpc) is 2.73. The van der Waals surface area contributed by atoms with E-state index in [2.05, 4.69) is 6.92 Å². The van der Waals surface area contributed by atoms with Crippen molar-refractivity contribution in [1.29, 1.82) is 4.29 Å². The Kier molecular flexibility index (Phi) is 4.54. The Hall–Kier alpha value is -0.120. The predicted octanol–water partition coefficient (Wildman–Crippen LogP) is 3.65. The molecule has 0 aromatic rings. The Morgan fingerprint density at radius 1 is 0.565 bits per heavy atom. The first-order chi connectivity index (χ1) is 12.6. The molecule has 0 radical (unpaired) electrons. The summed E-state index contributed by atoms with van der Waals surface area (Å²) in [6, 6.07) is 0. The fourth-order valence-electron chi connectivity index (χ4n) is 6.05. The lowest BCUT2D eigenvalue weighted by Gasteiger charge is -2.54. The van der Waals surface area contributed by atoms with E-state index in [9.17, 15) is 0 Å². The van der Waals surface area contributed by atoms with Crippen molar-refractivity contribution in [3.05, 3.63) is 0 Å². The zero-order valence-electron chi connectivity index (χ0n) is 17.7. The van der Waals surface area contributed by atoms with Crippen molar-refractivity contribution < 1.29 is 15.3 Å². The molecule has 3 saturated carbocycles. The summed E-state index contributed by atoms with van der Waals surface area (Å²) in [7, 11) is 0. The van der Waals surface area contributed by atoms with Crippen LogP contribution in [-0.2, 0) is 0 Å². The maximum absolute atomic E-state index is 7.23. The van der Waals surface area contributed by atoms with Crippen molar-refractivity contribution in [3.8, 4) is 0 Å². The molecule has 23 heavy (non-hydrogen) atoms. The van der Waals surface area contributed by atoms with E-state index in [4.69, 9.17) is 19.6 Å². The predicted molar refractivity (Wildman–Crippen MR) is 92.0 cm³/mol. The number of aliphatic hydroxyl groups is 3. The van der Waals surface area contributed by atoms with Gasteiger partial charge in [-0.05, 0) is 100 Å². The van der Waals surface area contributed by atoms with Crippen LogP contribution in [0.3, 0.4) is 0 Å². The van der Waals surface area contributed by atoms with Gasteiger partial charge in [0, 0.05) is 0 Å². The second-order valence-electron chi connectivity index (χ2n) is 8.79. The van der Waals surface area contributed by atoms with Crippen LogP contribution in [-0.4, -0.2) is 37.9 Å². The van der Waals surface area contributed by atoms with E-state index in [1.54, 1.807) is 0 Å². The van der Waals surface area contributed by atoms with Gasteiger partial charge in [0.2, 0.25) is 4.29 Å². The third-order valence-electron chi connectivity index (χ3n) is 7.66. The normalized spacial score (nSPS) is 47.1. The molecule has 0 saturated heterocycles. The summed E-state index contributed by atoms with van der Waals surface area (Å²) in [4.78, 5) is 0. The highest BCUT2D eigenvalue weighted by Gasteiger charge is 2.48. The average molecular weight is 328 g/mol. The van der Waals surface area contributed by atoms with Gasteiger partial charge >= 0.3 is 0 Å². The third kappa shape index (κ3) is 3.77. The topological polar surface area (TPSA) is 60.7 Å². The minimum atomic E-state index is 0.121. The fourth-order valence-corrected chi connectivity index (χ4v) is 6.05. The second-order valence-corrected chi connectivity index (χ2v) is 8.79. The minimum absolute atomic E-state index is 0.121. The van der Waals surface area contributed by atoms with Gasteiger partial charge in [-0.15, -0.1) is 0 Å². The maximum atomic E-state index is 7.23. The highest BCUT2D eigenvalue weighted by molar-refractivity contribution is 4.98. The van der Waals surface area contributed by atoms with E-state index in [1.807, 2.05) is 0 Å². The molecule has 3 rings (SSSR count). The molecule has 0 aromatic carbocycles. The monoisotopic (exact) mass is 327 g/mol. The molecule has 0 amide bonds. The molecule has 0 bridgehead atoms.